The molecule has 4 rings (SSSR count). The van der Waals surface area contributed by atoms with Crippen LogP contribution in [-0.4, -0.2) is 18.4 Å². The number of aryl methyl sites for hydroxylation is 2. The molecular formula is C23H22N2O2. The number of nitrogens with zero attached hydrogens (tertiary/aromatic N) is 1. The van der Waals surface area contributed by atoms with Crippen molar-refractivity contribution >= 4 is 34.0 Å². The summed E-state index contributed by atoms with van der Waals surface area (Å²) in [6.07, 6.45) is 0.236. The first-order valence-electron chi connectivity index (χ1n) is 9.20. The Kier molecular flexibility index (Phi) is 4.40. The van der Waals surface area contributed by atoms with Crippen LogP contribution in [0.15, 0.2) is 60.7 Å². The number of rotatable bonds is 3. The number of fused-ring (bicyclic) bond motifs is 1. The van der Waals surface area contributed by atoms with Crippen LogP contribution in [0.1, 0.15) is 17.5 Å². The SMILES string of the molecule is Cc1cccc(C)c1NC(=O)[C@@H]1CC(=O)N(c2cccc3ccccc23)C1. The highest BCUT2D eigenvalue weighted by Gasteiger charge is 2.35. The van der Waals surface area contributed by atoms with E-state index in [1.807, 2.05) is 74.5 Å². The normalized spacial score (nSPS) is 16.7. The highest BCUT2D eigenvalue weighted by Crippen LogP contribution is 2.32. The molecule has 27 heavy (non-hydrogen) atoms. The molecule has 1 saturated heterocycles. The standard InChI is InChI=1S/C23H22N2O2/c1-15-7-5-8-16(2)22(15)24-23(27)18-13-21(26)25(14-18)20-12-6-10-17-9-3-4-11-19(17)20/h3-12,18H,13-14H2,1-2H3,(H,24,27)/t18-/m1/s1. The van der Waals surface area contributed by atoms with Crippen molar-refractivity contribution in [3.8, 4) is 0 Å². The molecule has 0 spiro atoms. The lowest BCUT2D eigenvalue weighted by molar-refractivity contribution is -0.122. The molecule has 0 radical (unpaired) electrons. The van der Waals surface area contributed by atoms with Gasteiger partial charge in [-0.15, -0.1) is 0 Å². The van der Waals surface area contributed by atoms with Gasteiger partial charge in [-0.25, -0.2) is 0 Å². The molecule has 4 nitrogen and oxygen atoms in total. The molecule has 1 heterocycles. The number of benzene rings is 3. The second-order valence-corrected chi connectivity index (χ2v) is 7.16. The van der Waals surface area contributed by atoms with Gasteiger partial charge in [-0.1, -0.05) is 54.6 Å². The summed E-state index contributed by atoms with van der Waals surface area (Å²) in [5.74, 6) is -0.452. The molecule has 0 aromatic heterocycles. The molecule has 2 amide bonds. The molecule has 1 N–H and O–H groups in total. The van der Waals surface area contributed by atoms with Crippen molar-refractivity contribution in [2.45, 2.75) is 20.3 Å². The Morgan fingerprint density at radius 1 is 0.963 bits per heavy atom. The Bertz CT molecular complexity index is 1020. The summed E-state index contributed by atoms with van der Waals surface area (Å²) in [5.41, 5.74) is 3.77. The molecule has 0 aliphatic carbocycles. The molecule has 1 fully saturated rings. The maximum atomic E-state index is 12.8. The molecule has 0 unspecified atom stereocenters. The van der Waals surface area contributed by atoms with Crippen LogP contribution in [0.5, 0.6) is 0 Å². The molecule has 1 aliphatic heterocycles. The highest BCUT2D eigenvalue weighted by molar-refractivity contribution is 6.08. The molecule has 4 heteroatoms. The Labute approximate surface area is 158 Å². The number of hydrogen-bond acceptors (Lipinski definition) is 2. The quantitative estimate of drug-likeness (QED) is 0.752. The van der Waals surface area contributed by atoms with Crippen molar-refractivity contribution < 1.29 is 9.59 Å². The topological polar surface area (TPSA) is 49.4 Å². The van der Waals surface area contributed by atoms with Crippen LogP contribution in [0.4, 0.5) is 11.4 Å². The van der Waals surface area contributed by atoms with Crippen molar-refractivity contribution in [1.82, 2.24) is 0 Å². The maximum absolute atomic E-state index is 12.8. The van der Waals surface area contributed by atoms with Crippen LogP contribution < -0.4 is 10.2 Å². The van der Waals surface area contributed by atoms with E-state index in [1.165, 1.54) is 0 Å². The van der Waals surface area contributed by atoms with E-state index in [0.29, 0.717) is 6.54 Å². The van der Waals surface area contributed by atoms with Crippen LogP contribution in [0, 0.1) is 19.8 Å². The van der Waals surface area contributed by atoms with Gasteiger partial charge in [0.15, 0.2) is 0 Å². The molecule has 0 bridgehead atoms. The van der Waals surface area contributed by atoms with Gasteiger partial charge in [-0.3, -0.25) is 9.59 Å². The van der Waals surface area contributed by atoms with E-state index in [1.54, 1.807) is 4.90 Å². The summed E-state index contributed by atoms with van der Waals surface area (Å²) in [5, 5.41) is 5.15. The lowest BCUT2D eigenvalue weighted by Crippen LogP contribution is -2.28. The van der Waals surface area contributed by atoms with Gasteiger partial charge in [-0.05, 0) is 36.4 Å². The number of amides is 2. The first-order chi connectivity index (χ1) is 13.0. The fraction of sp³-hybridized carbons (Fsp3) is 0.217. The zero-order valence-electron chi connectivity index (χ0n) is 15.5. The molecule has 3 aromatic rings. The van der Waals surface area contributed by atoms with Gasteiger partial charge in [0.2, 0.25) is 11.8 Å². The van der Waals surface area contributed by atoms with Gasteiger partial charge in [0.05, 0.1) is 11.6 Å². The molecule has 3 aromatic carbocycles. The second-order valence-electron chi connectivity index (χ2n) is 7.16. The van der Waals surface area contributed by atoms with E-state index < -0.39 is 0 Å². The third-order valence-electron chi connectivity index (χ3n) is 5.28. The molecule has 1 atom stereocenters. The largest absolute Gasteiger partial charge is 0.325 e. The number of hydrogen-bond donors (Lipinski definition) is 1. The van der Waals surface area contributed by atoms with Crippen LogP contribution in [-0.2, 0) is 9.59 Å². The monoisotopic (exact) mass is 358 g/mol. The first kappa shape index (κ1) is 17.3. The van der Waals surface area contributed by atoms with Crippen molar-refractivity contribution in [2.75, 3.05) is 16.8 Å². The zero-order chi connectivity index (χ0) is 19.0. The minimum absolute atomic E-state index is 0.00647. The average molecular weight is 358 g/mol. The van der Waals surface area contributed by atoms with Gasteiger partial charge in [0.1, 0.15) is 0 Å². The number of carbonyl (C=O) groups excluding carboxylic acids is 2. The van der Waals surface area contributed by atoms with Crippen LogP contribution in [0.3, 0.4) is 0 Å². The van der Waals surface area contributed by atoms with Gasteiger partial charge in [0, 0.05) is 24.0 Å². The summed E-state index contributed by atoms with van der Waals surface area (Å²) in [6, 6.07) is 19.9. The second kappa shape index (κ2) is 6.88. The lowest BCUT2D eigenvalue weighted by Gasteiger charge is -2.19. The minimum Gasteiger partial charge on any atom is -0.325 e. The smallest absolute Gasteiger partial charge is 0.229 e. The summed E-state index contributed by atoms with van der Waals surface area (Å²) in [6.45, 7) is 4.36. The predicted octanol–water partition coefficient (Wildman–Crippen LogP) is 4.45. The molecular weight excluding hydrogens is 336 g/mol. The number of anilines is 2. The van der Waals surface area contributed by atoms with Crippen molar-refractivity contribution in [3.05, 3.63) is 71.8 Å². The van der Waals surface area contributed by atoms with Gasteiger partial charge < -0.3 is 10.2 Å². The first-order valence-corrected chi connectivity index (χ1v) is 9.20. The summed E-state index contributed by atoms with van der Waals surface area (Å²) in [4.78, 5) is 27.2. The van der Waals surface area contributed by atoms with Crippen LogP contribution >= 0.6 is 0 Å². The van der Waals surface area contributed by atoms with Crippen LogP contribution in [0.25, 0.3) is 10.8 Å². The number of para-hydroxylation sites is 1. The summed E-state index contributed by atoms with van der Waals surface area (Å²) >= 11 is 0. The number of nitrogens with one attached hydrogen (secondary N) is 1. The molecule has 1 aliphatic rings. The lowest BCUT2D eigenvalue weighted by atomic mass is 10.1. The van der Waals surface area contributed by atoms with Crippen LogP contribution in [0.2, 0.25) is 0 Å². The van der Waals surface area contributed by atoms with E-state index in [0.717, 1.165) is 33.3 Å². The fourth-order valence-electron chi connectivity index (χ4n) is 3.80. The highest BCUT2D eigenvalue weighted by atomic mass is 16.2. The van der Waals surface area contributed by atoms with E-state index in [4.69, 9.17) is 0 Å². The van der Waals surface area contributed by atoms with Crippen molar-refractivity contribution in [2.24, 2.45) is 5.92 Å². The summed E-state index contributed by atoms with van der Waals surface area (Å²) in [7, 11) is 0. The Balaban J connectivity index is 1.58. The zero-order valence-corrected chi connectivity index (χ0v) is 15.5. The third kappa shape index (κ3) is 3.19. The Morgan fingerprint density at radius 2 is 1.63 bits per heavy atom. The number of carbonyl (C=O) groups is 2. The van der Waals surface area contributed by atoms with E-state index in [-0.39, 0.29) is 24.2 Å². The molecule has 136 valence electrons. The minimum atomic E-state index is -0.351. The van der Waals surface area contributed by atoms with E-state index in [9.17, 15) is 9.59 Å². The van der Waals surface area contributed by atoms with Crippen molar-refractivity contribution in [1.29, 1.82) is 0 Å². The Morgan fingerprint density at radius 3 is 2.41 bits per heavy atom. The maximum Gasteiger partial charge on any atom is 0.229 e. The van der Waals surface area contributed by atoms with Gasteiger partial charge in [-0.2, -0.15) is 0 Å². The van der Waals surface area contributed by atoms with Gasteiger partial charge in [0.25, 0.3) is 0 Å². The third-order valence-corrected chi connectivity index (χ3v) is 5.28. The predicted molar refractivity (Wildman–Crippen MR) is 109 cm³/mol. The fourth-order valence-corrected chi connectivity index (χ4v) is 3.80. The average Bonchev–Trinajstić information content (AvgIpc) is 3.06. The van der Waals surface area contributed by atoms with Gasteiger partial charge >= 0.3 is 0 Å². The summed E-state index contributed by atoms with van der Waals surface area (Å²) < 4.78 is 0. The molecule has 0 saturated carbocycles. The van der Waals surface area contributed by atoms with E-state index >= 15 is 0 Å². The Hall–Kier alpha value is -3.14. The van der Waals surface area contributed by atoms with E-state index in [2.05, 4.69) is 5.32 Å². The van der Waals surface area contributed by atoms with Crippen molar-refractivity contribution in [3.63, 3.8) is 0 Å².